The zero-order valence-electron chi connectivity index (χ0n) is 21.6. The molecule has 0 aromatic heterocycles. The van der Waals surface area contributed by atoms with Crippen LogP contribution in [0.4, 0.5) is 0 Å². The molecule has 2 aliphatic rings. The highest BCUT2D eigenvalue weighted by Gasteiger charge is 2.54. The molecule has 7 nitrogen and oxygen atoms in total. The lowest BCUT2D eigenvalue weighted by Gasteiger charge is -2.52. The summed E-state index contributed by atoms with van der Waals surface area (Å²) in [6.45, 7) is 3.58. The van der Waals surface area contributed by atoms with E-state index >= 15 is 0 Å². The Balaban J connectivity index is 1.86. The topological polar surface area (TPSA) is 104 Å². The molecule has 1 heterocycles. The molecule has 1 amide bonds. The molecule has 4 rings (SSSR count). The van der Waals surface area contributed by atoms with Crippen molar-refractivity contribution in [2.75, 3.05) is 12.3 Å². The second-order valence-electron chi connectivity index (χ2n) is 10.8. The van der Waals surface area contributed by atoms with Gasteiger partial charge in [-0.1, -0.05) is 61.3 Å². The first-order valence-electron chi connectivity index (χ1n) is 13.0. The maximum Gasteiger partial charge on any atom is 0.304 e. The van der Waals surface area contributed by atoms with Crippen LogP contribution in [0.2, 0.25) is 10.0 Å². The maximum atomic E-state index is 14.3. The number of rotatable bonds is 11. The van der Waals surface area contributed by atoms with Gasteiger partial charge in [-0.05, 0) is 67.0 Å². The van der Waals surface area contributed by atoms with Crippen molar-refractivity contribution in [2.45, 2.75) is 64.0 Å². The Bertz CT molecular complexity index is 1280. The number of hydrogen-bond donors (Lipinski definition) is 2. The Labute approximate surface area is 234 Å². The quantitative estimate of drug-likeness (QED) is 0.358. The normalized spacial score (nSPS) is 24.8. The summed E-state index contributed by atoms with van der Waals surface area (Å²) in [6, 6.07) is 13.9. The molecule has 0 radical (unpaired) electrons. The van der Waals surface area contributed by atoms with Crippen molar-refractivity contribution in [3.8, 4) is 0 Å². The summed E-state index contributed by atoms with van der Waals surface area (Å²) in [5.74, 6) is -1.48. The fourth-order valence-corrected chi connectivity index (χ4v) is 7.20. The van der Waals surface area contributed by atoms with Gasteiger partial charge in [0, 0.05) is 28.5 Å². The number of halogens is 2. The van der Waals surface area contributed by atoms with Crippen molar-refractivity contribution < 1.29 is 23.1 Å². The molecule has 1 aliphatic carbocycles. The molecule has 1 unspecified atom stereocenters. The number of likely N-dealkylation sites (tertiary alicyclic amines) is 1. The summed E-state index contributed by atoms with van der Waals surface area (Å²) >= 11 is 12.6. The van der Waals surface area contributed by atoms with Crippen LogP contribution in [0.1, 0.15) is 69.0 Å². The molecule has 0 bridgehead atoms. The number of carboxylic acid groups (broad SMARTS) is 1. The number of benzene rings is 2. The Morgan fingerprint density at radius 3 is 2.39 bits per heavy atom. The van der Waals surface area contributed by atoms with Gasteiger partial charge in [0.25, 0.3) is 0 Å². The van der Waals surface area contributed by atoms with E-state index in [1.54, 1.807) is 36.9 Å². The predicted octanol–water partition coefficient (Wildman–Crippen LogP) is 5.64. The summed E-state index contributed by atoms with van der Waals surface area (Å²) in [5, 5.41) is 10.9. The van der Waals surface area contributed by atoms with Crippen LogP contribution in [0, 0.1) is 11.3 Å². The molecular weight excluding hydrogens is 547 g/mol. The van der Waals surface area contributed by atoms with Gasteiger partial charge >= 0.3 is 5.97 Å². The largest absolute Gasteiger partial charge is 0.481 e. The summed E-state index contributed by atoms with van der Waals surface area (Å²) in [6.07, 6.45) is 2.20. The molecule has 206 valence electrons. The fraction of sp³-hybridized carbons (Fsp3) is 0.500. The molecule has 2 aromatic rings. The van der Waals surface area contributed by atoms with E-state index in [1.807, 2.05) is 30.3 Å². The van der Waals surface area contributed by atoms with E-state index in [0.29, 0.717) is 22.9 Å². The van der Waals surface area contributed by atoms with E-state index in [4.69, 9.17) is 23.2 Å². The number of hydrogen-bond acceptors (Lipinski definition) is 4. The molecule has 10 heteroatoms. The highest BCUT2D eigenvalue weighted by atomic mass is 35.5. The van der Waals surface area contributed by atoms with Crippen LogP contribution in [-0.2, 0) is 19.6 Å². The third kappa shape index (κ3) is 6.53. The number of carbonyl (C=O) groups is 2. The number of carboxylic acids is 1. The van der Waals surface area contributed by atoms with Gasteiger partial charge in [0.1, 0.15) is 0 Å². The molecule has 1 aliphatic heterocycles. The van der Waals surface area contributed by atoms with Gasteiger partial charge in [-0.15, -0.1) is 0 Å². The number of carbonyl (C=O) groups excluding carboxylic acids is 1. The van der Waals surface area contributed by atoms with Crippen LogP contribution in [-0.4, -0.2) is 48.6 Å². The minimum Gasteiger partial charge on any atom is -0.481 e. The number of nitrogens with one attached hydrogen (secondary N) is 1. The van der Waals surface area contributed by atoms with Gasteiger partial charge < -0.3 is 10.0 Å². The van der Waals surface area contributed by atoms with Crippen LogP contribution in [0.5, 0.6) is 0 Å². The minimum atomic E-state index is -3.51. The monoisotopic (exact) mass is 580 g/mol. The van der Waals surface area contributed by atoms with E-state index in [1.165, 1.54) is 0 Å². The van der Waals surface area contributed by atoms with Crippen LogP contribution >= 0.6 is 23.2 Å². The fourth-order valence-electron chi connectivity index (χ4n) is 5.77. The lowest BCUT2D eigenvalue weighted by atomic mass is 9.67. The van der Waals surface area contributed by atoms with Gasteiger partial charge in [-0.2, -0.15) is 0 Å². The first kappa shape index (κ1) is 28.9. The first-order chi connectivity index (χ1) is 17.9. The SMILES string of the molecule is CCCS(=O)(=O)NCC(C1CC1)N1C(=O)[C@@](C)(CC(=O)O)C[C@H](c2cccc(Cl)c2)[C@H]1c1ccc(Cl)cc1. The standard InChI is InChI=1S/C28H34Cl2N2O5S/c1-3-13-38(36,37)31-17-24(18-7-8-18)32-26(19-9-11-21(29)12-10-19)23(20-5-4-6-22(30)14-20)15-28(2,27(32)35)16-25(33)34/h4-6,9-12,14,18,23-24,26,31H,3,7-8,13,15-17H2,1-2H3,(H,33,34)/t23-,24?,26-,28-/m1/s1. The zero-order valence-corrected chi connectivity index (χ0v) is 23.9. The predicted molar refractivity (Wildman–Crippen MR) is 149 cm³/mol. The van der Waals surface area contributed by atoms with Crippen molar-refractivity contribution in [2.24, 2.45) is 11.3 Å². The minimum absolute atomic E-state index is 0.000808. The van der Waals surface area contributed by atoms with Crippen molar-refractivity contribution in [3.05, 3.63) is 69.7 Å². The number of nitrogens with zero attached hydrogens (tertiary/aromatic N) is 1. The summed E-state index contributed by atoms with van der Waals surface area (Å²) in [7, 11) is -3.51. The first-order valence-corrected chi connectivity index (χ1v) is 15.4. The molecule has 1 saturated carbocycles. The molecule has 2 aromatic carbocycles. The van der Waals surface area contributed by atoms with E-state index in [2.05, 4.69) is 4.72 Å². The highest BCUT2D eigenvalue weighted by molar-refractivity contribution is 7.89. The molecule has 4 atom stereocenters. The Morgan fingerprint density at radius 1 is 1.13 bits per heavy atom. The highest BCUT2D eigenvalue weighted by Crippen LogP contribution is 2.54. The second kappa shape index (κ2) is 11.5. The van der Waals surface area contributed by atoms with Crippen molar-refractivity contribution in [1.82, 2.24) is 9.62 Å². The van der Waals surface area contributed by atoms with E-state index in [-0.39, 0.29) is 36.5 Å². The molecule has 38 heavy (non-hydrogen) atoms. The smallest absolute Gasteiger partial charge is 0.304 e. The summed E-state index contributed by atoms with van der Waals surface area (Å²) in [4.78, 5) is 28.1. The van der Waals surface area contributed by atoms with Crippen molar-refractivity contribution >= 4 is 45.1 Å². The van der Waals surface area contributed by atoms with Crippen LogP contribution < -0.4 is 4.72 Å². The van der Waals surface area contributed by atoms with E-state index in [0.717, 1.165) is 24.0 Å². The molecule has 2 N–H and O–H groups in total. The number of piperidine rings is 1. The third-order valence-corrected chi connectivity index (χ3v) is 9.68. The average Bonchev–Trinajstić information content (AvgIpc) is 3.67. The van der Waals surface area contributed by atoms with Gasteiger partial charge in [0.05, 0.1) is 23.6 Å². The van der Waals surface area contributed by atoms with Crippen molar-refractivity contribution in [3.63, 3.8) is 0 Å². The zero-order chi connectivity index (χ0) is 27.7. The van der Waals surface area contributed by atoms with Gasteiger partial charge in [0.15, 0.2) is 0 Å². The maximum absolute atomic E-state index is 14.3. The summed E-state index contributed by atoms with van der Waals surface area (Å²) < 4.78 is 27.9. The van der Waals surface area contributed by atoms with Crippen LogP contribution in [0.25, 0.3) is 0 Å². The van der Waals surface area contributed by atoms with Crippen LogP contribution in [0.15, 0.2) is 48.5 Å². The Morgan fingerprint density at radius 2 is 1.82 bits per heavy atom. The second-order valence-corrected chi connectivity index (χ2v) is 13.6. The average molecular weight is 582 g/mol. The molecule has 2 fully saturated rings. The number of amides is 1. The number of aliphatic carboxylic acids is 1. The molecule has 1 saturated heterocycles. The van der Waals surface area contributed by atoms with Gasteiger partial charge in [-0.25, -0.2) is 13.1 Å². The lowest BCUT2D eigenvalue weighted by molar-refractivity contribution is -0.161. The van der Waals surface area contributed by atoms with E-state index in [9.17, 15) is 23.1 Å². The van der Waals surface area contributed by atoms with E-state index < -0.39 is 33.5 Å². The Kier molecular flexibility index (Phi) is 8.77. The third-order valence-electron chi connectivity index (χ3n) is 7.64. The van der Waals surface area contributed by atoms with Crippen molar-refractivity contribution in [1.29, 1.82) is 0 Å². The number of sulfonamides is 1. The molecule has 0 spiro atoms. The lowest BCUT2D eigenvalue weighted by Crippen LogP contribution is -2.59. The Hall–Kier alpha value is -2.13. The van der Waals surface area contributed by atoms with Crippen LogP contribution in [0.3, 0.4) is 0 Å². The molecular formula is C28H34Cl2N2O5S. The summed E-state index contributed by atoms with van der Waals surface area (Å²) in [5.41, 5.74) is 0.566. The van der Waals surface area contributed by atoms with Gasteiger partial charge in [-0.3, -0.25) is 9.59 Å². The van der Waals surface area contributed by atoms with Gasteiger partial charge in [0.2, 0.25) is 15.9 Å².